The summed E-state index contributed by atoms with van der Waals surface area (Å²) in [6.45, 7) is 0. The molecule has 1 aliphatic rings. The SMILES string of the molecule is CN(C)C(=O)c1ccc(CCC2(N)CC2)cc1. The van der Waals surface area contributed by atoms with Gasteiger partial charge in [-0.25, -0.2) is 0 Å². The molecule has 0 aliphatic heterocycles. The van der Waals surface area contributed by atoms with Gasteiger partial charge in [-0.2, -0.15) is 0 Å². The first-order chi connectivity index (χ1) is 8.00. The van der Waals surface area contributed by atoms with Crippen LogP contribution in [0.2, 0.25) is 0 Å². The highest BCUT2D eigenvalue weighted by molar-refractivity contribution is 5.93. The van der Waals surface area contributed by atoms with Crippen LogP contribution in [-0.4, -0.2) is 30.4 Å². The number of amides is 1. The fourth-order valence-corrected chi connectivity index (χ4v) is 1.88. The van der Waals surface area contributed by atoms with Crippen LogP contribution in [0.15, 0.2) is 24.3 Å². The first-order valence-electron chi connectivity index (χ1n) is 6.10. The van der Waals surface area contributed by atoms with Gasteiger partial charge in [-0.3, -0.25) is 4.79 Å². The van der Waals surface area contributed by atoms with E-state index in [2.05, 4.69) is 0 Å². The van der Waals surface area contributed by atoms with Crippen LogP contribution in [0.1, 0.15) is 35.2 Å². The zero-order chi connectivity index (χ0) is 12.5. The summed E-state index contributed by atoms with van der Waals surface area (Å²) in [7, 11) is 3.53. The lowest BCUT2D eigenvalue weighted by molar-refractivity contribution is 0.0827. The molecule has 1 aromatic rings. The number of hydrogen-bond acceptors (Lipinski definition) is 2. The molecule has 0 bridgehead atoms. The van der Waals surface area contributed by atoms with Gasteiger partial charge >= 0.3 is 0 Å². The minimum Gasteiger partial charge on any atom is -0.345 e. The number of nitrogens with two attached hydrogens (primary N) is 1. The molecular formula is C14H20N2O. The van der Waals surface area contributed by atoms with Crippen molar-refractivity contribution >= 4 is 5.91 Å². The minimum atomic E-state index is 0.0500. The maximum Gasteiger partial charge on any atom is 0.253 e. The number of aryl methyl sites for hydroxylation is 1. The van der Waals surface area contributed by atoms with Crippen molar-refractivity contribution in [3.05, 3.63) is 35.4 Å². The van der Waals surface area contributed by atoms with Gasteiger partial charge in [0.05, 0.1) is 0 Å². The summed E-state index contributed by atoms with van der Waals surface area (Å²) in [4.78, 5) is 13.3. The average molecular weight is 232 g/mol. The standard InChI is InChI=1S/C14H20N2O/c1-16(2)13(17)12-5-3-11(4-6-12)7-8-14(15)9-10-14/h3-6H,7-10,15H2,1-2H3. The molecule has 3 nitrogen and oxygen atoms in total. The molecule has 1 aliphatic carbocycles. The molecule has 1 saturated carbocycles. The summed E-state index contributed by atoms with van der Waals surface area (Å²) in [6.07, 6.45) is 4.37. The van der Waals surface area contributed by atoms with Crippen molar-refractivity contribution in [2.45, 2.75) is 31.2 Å². The van der Waals surface area contributed by atoms with Gasteiger partial charge in [-0.15, -0.1) is 0 Å². The second-order valence-corrected chi connectivity index (χ2v) is 5.26. The predicted octanol–water partition coefficient (Wildman–Crippen LogP) is 1.81. The molecule has 0 heterocycles. The van der Waals surface area contributed by atoms with Gasteiger partial charge < -0.3 is 10.6 Å². The molecule has 92 valence electrons. The number of hydrogen-bond donors (Lipinski definition) is 1. The monoisotopic (exact) mass is 232 g/mol. The van der Waals surface area contributed by atoms with Crippen molar-refractivity contribution in [1.29, 1.82) is 0 Å². The third kappa shape index (κ3) is 3.07. The lowest BCUT2D eigenvalue weighted by Crippen LogP contribution is -2.22. The van der Waals surface area contributed by atoms with Gasteiger partial charge in [0.1, 0.15) is 0 Å². The van der Waals surface area contributed by atoms with E-state index in [4.69, 9.17) is 5.73 Å². The molecule has 0 saturated heterocycles. The fourth-order valence-electron chi connectivity index (χ4n) is 1.88. The van der Waals surface area contributed by atoms with Crippen molar-refractivity contribution in [1.82, 2.24) is 4.90 Å². The highest BCUT2D eigenvalue weighted by Crippen LogP contribution is 2.36. The normalized spacial score (nSPS) is 16.6. The fraction of sp³-hybridized carbons (Fsp3) is 0.500. The Morgan fingerprint density at radius 3 is 2.35 bits per heavy atom. The molecule has 0 spiro atoms. The van der Waals surface area contributed by atoms with Gasteiger partial charge in [0, 0.05) is 25.2 Å². The van der Waals surface area contributed by atoms with E-state index in [0.717, 1.165) is 31.2 Å². The van der Waals surface area contributed by atoms with Crippen LogP contribution in [0.5, 0.6) is 0 Å². The van der Waals surface area contributed by atoms with E-state index in [1.165, 1.54) is 5.56 Å². The summed E-state index contributed by atoms with van der Waals surface area (Å²) >= 11 is 0. The van der Waals surface area contributed by atoms with Crippen LogP contribution in [-0.2, 0) is 6.42 Å². The van der Waals surface area contributed by atoms with E-state index in [1.807, 2.05) is 24.3 Å². The molecule has 0 unspecified atom stereocenters. The van der Waals surface area contributed by atoms with E-state index >= 15 is 0 Å². The number of nitrogens with zero attached hydrogens (tertiary/aromatic N) is 1. The van der Waals surface area contributed by atoms with E-state index in [-0.39, 0.29) is 11.4 Å². The smallest absolute Gasteiger partial charge is 0.253 e. The van der Waals surface area contributed by atoms with E-state index in [0.29, 0.717) is 0 Å². The molecular weight excluding hydrogens is 212 g/mol. The topological polar surface area (TPSA) is 46.3 Å². The van der Waals surface area contributed by atoms with Crippen molar-refractivity contribution in [2.24, 2.45) is 5.73 Å². The lowest BCUT2D eigenvalue weighted by Gasteiger charge is -2.11. The Morgan fingerprint density at radius 2 is 1.88 bits per heavy atom. The molecule has 2 N–H and O–H groups in total. The van der Waals surface area contributed by atoms with Crippen LogP contribution in [0, 0.1) is 0 Å². The lowest BCUT2D eigenvalue weighted by atomic mass is 10.0. The zero-order valence-corrected chi connectivity index (χ0v) is 10.6. The highest BCUT2D eigenvalue weighted by atomic mass is 16.2. The largest absolute Gasteiger partial charge is 0.345 e. The number of benzene rings is 1. The van der Waals surface area contributed by atoms with Crippen LogP contribution < -0.4 is 5.73 Å². The Morgan fingerprint density at radius 1 is 1.29 bits per heavy atom. The van der Waals surface area contributed by atoms with E-state index < -0.39 is 0 Å². The molecule has 0 aromatic heterocycles. The van der Waals surface area contributed by atoms with Gasteiger partial charge in [0.2, 0.25) is 0 Å². The van der Waals surface area contributed by atoms with Crippen LogP contribution >= 0.6 is 0 Å². The molecule has 1 aromatic carbocycles. The Hall–Kier alpha value is -1.35. The van der Waals surface area contributed by atoms with Gasteiger partial charge in [-0.1, -0.05) is 12.1 Å². The Bertz CT molecular complexity index is 405. The summed E-state index contributed by atoms with van der Waals surface area (Å²) < 4.78 is 0. The Balaban J connectivity index is 1.95. The Kier molecular flexibility index (Phi) is 3.20. The minimum absolute atomic E-state index is 0.0500. The Labute approximate surface area is 103 Å². The summed E-state index contributed by atoms with van der Waals surface area (Å²) in [5.74, 6) is 0.0500. The maximum atomic E-state index is 11.7. The molecule has 17 heavy (non-hydrogen) atoms. The molecule has 0 atom stereocenters. The molecule has 1 amide bonds. The number of carbonyl (C=O) groups is 1. The predicted molar refractivity (Wildman–Crippen MR) is 68.9 cm³/mol. The van der Waals surface area contributed by atoms with Gasteiger partial charge in [-0.05, 0) is 43.4 Å². The van der Waals surface area contributed by atoms with Crippen LogP contribution in [0.25, 0.3) is 0 Å². The first-order valence-corrected chi connectivity index (χ1v) is 6.10. The van der Waals surface area contributed by atoms with Crippen LogP contribution in [0.3, 0.4) is 0 Å². The first kappa shape index (κ1) is 12.1. The van der Waals surface area contributed by atoms with Crippen molar-refractivity contribution < 1.29 is 4.79 Å². The van der Waals surface area contributed by atoms with E-state index in [1.54, 1.807) is 19.0 Å². The molecule has 0 radical (unpaired) electrons. The zero-order valence-electron chi connectivity index (χ0n) is 10.6. The van der Waals surface area contributed by atoms with Crippen molar-refractivity contribution in [2.75, 3.05) is 14.1 Å². The quantitative estimate of drug-likeness (QED) is 0.860. The average Bonchev–Trinajstić information content (AvgIpc) is 3.05. The molecule has 3 heteroatoms. The van der Waals surface area contributed by atoms with Crippen LogP contribution in [0.4, 0.5) is 0 Å². The second kappa shape index (κ2) is 4.49. The van der Waals surface area contributed by atoms with E-state index in [9.17, 15) is 4.79 Å². The van der Waals surface area contributed by atoms with Crippen molar-refractivity contribution in [3.63, 3.8) is 0 Å². The maximum absolute atomic E-state index is 11.7. The van der Waals surface area contributed by atoms with Gasteiger partial charge in [0.25, 0.3) is 5.91 Å². The molecule has 1 fully saturated rings. The summed E-state index contributed by atoms with van der Waals surface area (Å²) in [5, 5.41) is 0. The number of rotatable bonds is 4. The summed E-state index contributed by atoms with van der Waals surface area (Å²) in [6, 6.07) is 7.85. The molecule has 2 rings (SSSR count). The van der Waals surface area contributed by atoms with Crippen molar-refractivity contribution in [3.8, 4) is 0 Å². The second-order valence-electron chi connectivity index (χ2n) is 5.26. The highest BCUT2D eigenvalue weighted by Gasteiger charge is 2.37. The van der Waals surface area contributed by atoms with Gasteiger partial charge in [0.15, 0.2) is 0 Å². The third-order valence-electron chi connectivity index (χ3n) is 3.41. The third-order valence-corrected chi connectivity index (χ3v) is 3.41. The summed E-state index contributed by atoms with van der Waals surface area (Å²) in [5.41, 5.74) is 8.17. The number of carbonyl (C=O) groups excluding carboxylic acids is 1.